The summed E-state index contributed by atoms with van der Waals surface area (Å²) in [5, 5.41) is 5.75. The lowest BCUT2D eigenvalue weighted by Gasteiger charge is -2.10. The largest absolute Gasteiger partial charge is 0.353 e. The summed E-state index contributed by atoms with van der Waals surface area (Å²) in [6.07, 6.45) is 1.33. The number of rotatable bonds is 4. The van der Waals surface area contributed by atoms with Crippen LogP contribution in [0.25, 0.3) is 0 Å². The van der Waals surface area contributed by atoms with Gasteiger partial charge in [0, 0.05) is 22.6 Å². The van der Waals surface area contributed by atoms with Crippen molar-refractivity contribution in [2.45, 2.75) is 0 Å². The Labute approximate surface area is 151 Å². The molecule has 0 saturated heterocycles. The average Bonchev–Trinajstić information content (AvgIpc) is 2.64. The molecular weight excluding hydrogens is 367 g/mol. The van der Waals surface area contributed by atoms with Crippen LogP contribution in [0.3, 0.4) is 0 Å². The molecule has 3 rings (SSSR count). The third kappa shape index (κ3) is 3.94. The van der Waals surface area contributed by atoms with Crippen LogP contribution in [0.15, 0.2) is 54.7 Å². The van der Waals surface area contributed by atoms with Crippen LogP contribution in [-0.2, 0) is 0 Å². The van der Waals surface area contributed by atoms with E-state index in [2.05, 4.69) is 15.6 Å². The lowest BCUT2D eigenvalue weighted by molar-refractivity contribution is 0.102. The van der Waals surface area contributed by atoms with E-state index in [1.54, 1.807) is 24.3 Å². The topological polar surface area (TPSA) is 54.0 Å². The van der Waals surface area contributed by atoms with Gasteiger partial charge >= 0.3 is 0 Å². The van der Waals surface area contributed by atoms with Gasteiger partial charge in [0.05, 0.1) is 5.69 Å². The van der Waals surface area contributed by atoms with Crippen molar-refractivity contribution in [1.29, 1.82) is 0 Å². The van der Waals surface area contributed by atoms with E-state index in [1.165, 1.54) is 18.3 Å². The molecule has 1 amide bonds. The summed E-state index contributed by atoms with van der Waals surface area (Å²) in [4.78, 5) is 16.2. The molecule has 2 N–H and O–H groups in total. The number of hydrogen-bond acceptors (Lipinski definition) is 3. The van der Waals surface area contributed by atoms with Crippen LogP contribution in [0.5, 0.6) is 0 Å². The fraction of sp³-hybridized carbons (Fsp3) is 0. The fourth-order valence-corrected chi connectivity index (χ4v) is 2.26. The minimum absolute atomic E-state index is 0.0490. The van der Waals surface area contributed by atoms with E-state index in [0.29, 0.717) is 10.7 Å². The van der Waals surface area contributed by atoms with Crippen molar-refractivity contribution in [1.82, 2.24) is 4.98 Å². The summed E-state index contributed by atoms with van der Waals surface area (Å²) < 4.78 is 40.0. The van der Waals surface area contributed by atoms with Crippen LogP contribution >= 0.6 is 11.6 Å². The number of nitrogens with zero attached hydrogens (tertiary/aromatic N) is 1. The number of pyridine rings is 1. The zero-order chi connectivity index (χ0) is 18.7. The van der Waals surface area contributed by atoms with Crippen LogP contribution in [0.2, 0.25) is 5.02 Å². The van der Waals surface area contributed by atoms with Gasteiger partial charge in [0.25, 0.3) is 5.91 Å². The maximum absolute atomic E-state index is 13.7. The lowest BCUT2D eigenvalue weighted by Crippen LogP contribution is -2.13. The Morgan fingerprint density at radius 3 is 2.38 bits per heavy atom. The Bertz CT molecular complexity index is 964. The van der Waals surface area contributed by atoms with E-state index in [9.17, 15) is 18.0 Å². The van der Waals surface area contributed by atoms with Crippen molar-refractivity contribution in [3.8, 4) is 0 Å². The van der Waals surface area contributed by atoms with Crippen molar-refractivity contribution >= 4 is 34.6 Å². The molecule has 0 bridgehead atoms. The van der Waals surface area contributed by atoms with Gasteiger partial charge in [-0.25, -0.2) is 13.2 Å². The quantitative estimate of drug-likeness (QED) is 0.618. The number of carbonyl (C=O) groups excluding carboxylic acids is 1. The van der Waals surface area contributed by atoms with Gasteiger partial charge < -0.3 is 10.6 Å². The fourth-order valence-electron chi connectivity index (χ4n) is 2.14. The van der Waals surface area contributed by atoms with Gasteiger partial charge in [0.15, 0.2) is 17.5 Å². The van der Waals surface area contributed by atoms with Crippen molar-refractivity contribution in [2.75, 3.05) is 10.6 Å². The van der Waals surface area contributed by atoms with Crippen LogP contribution in [0.1, 0.15) is 10.5 Å². The molecule has 0 aliphatic carbocycles. The average molecular weight is 378 g/mol. The second kappa shape index (κ2) is 7.45. The lowest BCUT2D eigenvalue weighted by atomic mass is 10.2. The highest BCUT2D eigenvalue weighted by molar-refractivity contribution is 6.30. The number of aromatic nitrogens is 1. The van der Waals surface area contributed by atoms with Gasteiger partial charge in [-0.2, -0.15) is 0 Å². The highest BCUT2D eigenvalue weighted by Crippen LogP contribution is 2.24. The molecule has 3 aromatic rings. The van der Waals surface area contributed by atoms with E-state index in [1.807, 2.05) is 0 Å². The third-order valence-electron chi connectivity index (χ3n) is 3.41. The Morgan fingerprint density at radius 1 is 0.923 bits per heavy atom. The summed E-state index contributed by atoms with van der Waals surface area (Å²) in [5.41, 5.74) is 0.587. The molecule has 4 nitrogen and oxygen atoms in total. The zero-order valence-corrected chi connectivity index (χ0v) is 13.8. The summed E-state index contributed by atoms with van der Waals surface area (Å²) in [6.45, 7) is 0. The van der Waals surface area contributed by atoms with Crippen molar-refractivity contribution < 1.29 is 18.0 Å². The van der Waals surface area contributed by atoms with Gasteiger partial charge in [-0.3, -0.25) is 9.78 Å². The second-order valence-corrected chi connectivity index (χ2v) is 5.68. The van der Waals surface area contributed by atoms with Gasteiger partial charge in [-0.05, 0) is 48.5 Å². The van der Waals surface area contributed by atoms with E-state index in [0.717, 1.165) is 12.1 Å². The Balaban J connectivity index is 1.79. The third-order valence-corrected chi connectivity index (χ3v) is 3.66. The Morgan fingerprint density at radius 2 is 1.65 bits per heavy atom. The highest BCUT2D eigenvalue weighted by Gasteiger charge is 2.14. The SMILES string of the molecule is O=C(Nc1ccc(Cl)cc1)c1cc(Nc2ccc(F)c(F)c2F)ccn1. The van der Waals surface area contributed by atoms with Crippen LogP contribution in [0.4, 0.5) is 30.2 Å². The van der Waals surface area contributed by atoms with Gasteiger partial charge in [-0.15, -0.1) is 0 Å². The number of halogens is 4. The summed E-state index contributed by atoms with van der Waals surface area (Å²) in [7, 11) is 0. The van der Waals surface area contributed by atoms with Crippen molar-refractivity contribution in [3.05, 3.63) is 82.9 Å². The van der Waals surface area contributed by atoms with Crippen LogP contribution in [0, 0.1) is 17.5 Å². The number of hydrogen-bond donors (Lipinski definition) is 2. The molecule has 1 aromatic heterocycles. The first-order chi connectivity index (χ1) is 12.4. The van der Waals surface area contributed by atoms with E-state index in [-0.39, 0.29) is 17.1 Å². The maximum atomic E-state index is 13.7. The first kappa shape index (κ1) is 17.8. The van der Waals surface area contributed by atoms with Crippen LogP contribution < -0.4 is 10.6 Å². The summed E-state index contributed by atoms with van der Waals surface area (Å²) in [6, 6.07) is 11.2. The second-order valence-electron chi connectivity index (χ2n) is 5.24. The first-order valence-electron chi connectivity index (χ1n) is 7.37. The minimum atomic E-state index is -1.58. The molecule has 0 radical (unpaired) electrons. The van der Waals surface area contributed by atoms with Crippen molar-refractivity contribution in [3.63, 3.8) is 0 Å². The standard InChI is InChI=1S/C18H11ClF3N3O/c19-10-1-3-11(4-2-10)25-18(26)15-9-12(7-8-23-15)24-14-6-5-13(20)16(21)17(14)22/h1-9H,(H,23,24)(H,25,26). The molecule has 0 saturated carbocycles. The molecule has 0 aliphatic rings. The first-order valence-corrected chi connectivity index (χ1v) is 7.75. The van der Waals surface area contributed by atoms with E-state index in [4.69, 9.17) is 11.6 Å². The highest BCUT2D eigenvalue weighted by atomic mass is 35.5. The maximum Gasteiger partial charge on any atom is 0.274 e. The van der Waals surface area contributed by atoms with Crippen molar-refractivity contribution in [2.24, 2.45) is 0 Å². The normalized spacial score (nSPS) is 10.5. The number of nitrogens with one attached hydrogen (secondary N) is 2. The molecule has 0 fully saturated rings. The monoisotopic (exact) mass is 377 g/mol. The zero-order valence-electron chi connectivity index (χ0n) is 13.1. The number of anilines is 3. The van der Waals surface area contributed by atoms with Gasteiger partial charge in [-0.1, -0.05) is 11.6 Å². The summed E-state index contributed by atoms with van der Waals surface area (Å²) >= 11 is 5.78. The van der Waals surface area contributed by atoms with Gasteiger partial charge in [0.1, 0.15) is 5.69 Å². The Hall–Kier alpha value is -3.06. The smallest absolute Gasteiger partial charge is 0.274 e. The molecule has 0 spiro atoms. The number of carbonyl (C=O) groups is 1. The molecular formula is C18H11ClF3N3O. The number of benzene rings is 2. The molecule has 0 aliphatic heterocycles. The molecule has 1 heterocycles. The molecule has 26 heavy (non-hydrogen) atoms. The molecule has 2 aromatic carbocycles. The molecule has 0 unspecified atom stereocenters. The van der Waals surface area contributed by atoms with E-state index < -0.39 is 23.4 Å². The molecule has 8 heteroatoms. The minimum Gasteiger partial charge on any atom is -0.353 e. The predicted molar refractivity (Wildman–Crippen MR) is 93.2 cm³/mol. The van der Waals surface area contributed by atoms with Gasteiger partial charge in [0.2, 0.25) is 0 Å². The predicted octanol–water partition coefficient (Wildman–Crippen LogP) is 5.15. The molecule has 0 atom stereocenters. The number of amides is 1. The van der Waals surface area contributed by atoms with Crippen LogP contribution in [-0.4, -0.2) is 10.9 Å². The summed E-state index contributed by atoms with van der Waals surface area (Å²) in [5.74, 6) is -4.72. The molecule has 132 valence electrons. The van der Waals surface area contributed by atoms with E-state index >= 15 is 0 Å². The Kier molecular flexibility index (Phi) is 5.09.